The molecule has 9 heteroatoms. The summed E-state index contributed by atoms with van der Waals surface area (Å²) >= 11 is 0. The first-order valence-electron chi connectivity index (χ1n) is 11.7. The van der Waals surface area contributed by atoms with Gasteiger partial charge in [0.05, 0.1) is 23.0 Å². The molecule has 3 heterocycles. The number of pyridine rings is 1. The van der Waals surface area contributed by atoms with Crippen LogP contribution in [0.4, 0.5) is 10.1 Å². The van der Waals surface area contributed by atoms with Crippen molar-refractivity contribution in [1.82, 2.24) is 25.2 Å². The van der Waals surface area contributed by atoms with Gasteiger partial charge >= 0.3 is 0 Å². The predicted molar refractivity (Wildman–Crippen MR) is 129 cm³/mol. The molecule has 0 spiro atoms. The topological polar surface area (TPSA) is 100 Å². The zero-order valence-corrected chi connectivity index (χ0v) is 20.0. The minimum Gasteiger partial charge on any atom is -0.380 e. The van der Waals surface area contributed by atoms with E-state index in [-0.39, 0.29) is 29.9 Å². The number of anilines is 1. The molecule has 4 rings (SSSR count). The number of carbonyl (C=O) groups excluding carboxylic acids is 2. The van der Waals surface area contributed by atoms with E-state index in [2.05, 4.69) is 26.0 Å². The Bertz CT molecular complexity index is 1190. The molecule has 3 aromatic heterocycles. The second-order valence-electron chi connectivity index (χ2n) is 9.31. The third-order valence-corrected chi connectivity index (χ3v) is 6.19. The molecule has 1 saturated carbocycles. The number of nitrogens with one attached hydrogen (secondary N) is 3. The average molecular weight is 467 g/mol. The predicted octanol–water partition coefficient (Wildman–Crippen LogP) is 3.84. The summed E-state index contributed by atoms with van der Waals surface area (Å²) in [5.74, 6) is -0.765. The largest absolute Gasteiger partial charge is 0.380 e. The maximum absolute atomic E-state index is 14.5. The molecule has 0 atom stereocenters. The van der Waals surface area contributed by atoms with E-state index in [1.54, 1.807) is 23.0 Å². The third kappa shape index (κ3) is 5.03. The van der Waals surface area contributed by atoms with Gasteiger partial charge in [0.25, 0.3) is 5.91 Å². The number of aryl methyl sites for hydroxylation is 1. The highest BCUT2D eigenvalue weighted by molar-refractivity contribution is 6.03. The van der Waals surface area contributed by atoms with Gasteiger partial charge in [-0.3, -0.25) is 9.59 Å². The van der Waals surface area contributed by atoms with Gasteiger partial charge in [0.2, 0.25) is 11.9 Å². The fourth-order valence-electron chi connectivity index (χ4n) is 4.61. The lowest BCUT2D eigenvalue weighted by molar-refractivity contribution is -0.119. The van der Waals surface area contributed by atoms with Crippen LogP contribution in [0.2, 0.25) is 0 Å². The van der Waals surface area contributed by atoms with Crippen molar-refractivity contribution in [3.63, 3.8) is 0 Å². The Morgan fingerprint density at radius 1 is 1.15 bits per heavy atom. The summed E-state index contributed by atoms with van der Waals surface area (Å²) in [6.45, 7) is 7.35. The molecule has 34 heavy (non-hydrogen) atoms. The fraction of sp³-hybridized carbons (Fsp3) is 0.440. The first-order valence-corrected chi connectivity index (χ1v) is 11.7. The van der Waals surface area contributed by atoms with Crippen LogP contribution in [0.25, 0.3) is 16.6 Å². The van der Waals surface area contributed by atoms with Gasteiger partial charge < -0.3 is 16.0 Å². The van der Waals surface area contributed by atoms with Gasteiger partial charge in [-0.2, -0.15) is 9.49 Å². The molecule has 180 valence electrons. The molecule has 8 nitrogen and oxygen atoms in total. The Labute approximate surface area is 198 Å². The maximum Gasteiger partial charge on any atom is 0.255 e. The Hall–Kier alpha value is -3.49. The Balaban J connectivity index is 1.62. The van der Waals surface area contributed by atoms with E-state index in [4.69, 9.17) is 0 Å². The van der Waals surface area contributed by atoms with Gasteiger partial charge in [0.1, 0.15) is 0 Å². The summed E-state index contributed by atoms with van der Waals surface area (Å²) in [7, 11) is 0. The zero-order valence-electron chi connectivity index (χ0n) is 20.0. The Morgan fingerprint density at radius 3 is 2.44 bits per heavy atom. The summed E-state index contributed by atoms with van der Waals surface area (Å²) in [5.41, 5.74) is 3.63. The molecule has 0 radical (unpaired) electrons. The van der Waals surface area contributed by atoms with Gasteiger partial charge in [-0.05, 0) is 64.2 Å². The SMILES string of the molecule is CC(=O)NC1CCC(NC(=O)c2cnn3cc(-c4c(C)ccnc4F)cc3c2NC(C)C)CC1. The number of aromatic nitrogens is 3. The molecule has 0 aliphatic heterocycles. The van der Waals surface area contributed by atoms with Crippen LogP contribution in [0.1, 0.15) is 62.4 Å². The van der Waals surface area contributed by atoms with Crippen LogP contribution >= 0.6 is 0 Å². The van der Waals surface area contributed by atoms with Crippen LogP contribution < -0.4 is 16.0 Å². The highest BCUT2D eigenvalue weighted by Crippen LogP contribution is 2.32. The second-order valence-corrected chi connectivity index (χ2v) is 9.31. The monoisotopic (exact) mass is 466 g/mol. The summed E-state index contributed by atoms with van der Waals surface area (Å²) in [4.78, 5) is 28.4. The normalized spacial score (nSPS) is 18.2. The van der Waals surface area contributed by atoms with Crippen molar-refractivity contribution in [3.05, 3.63) is 47.8 Å². The molecule has 0 bridgehead atoms. The molecule has 3 N–H and O–H groups in total. The lowest BCUT2D eigenvalue weighted by atomic mass is 9.91. The van der Waals surface area contributed by atoms with Crippen molar-refractivity contribution in [2.75, 3.05) is 5.32 Å². The third-order valence-electron chi connectivity index (χ3n) is 6.19. The van der Waals surface area contributed by atoms with E-state index in [0.29, 0.717) is 27.9 Å². The molecule has 0 unspecified atom stereocenters. The minimum atomic E-state index is -0.540. The van der Waals surface area contributed by atoms with Gasteiger partial charge in [-0.25, -0.2) is 9.50 Å². The van der Waals surface area contributed by atoms with Crippen LogP contribution in [0, 0.1) is 12.9 Å². The number of hydrogen-bond donors (Lipinski definition) is 3. The van der Waals surface area contributed by atoms with E-state index in [1.807, 2.05) is 26.8 Å². The van der Waals surface area contributed by atoms with Gasteiger partial charge in [-0.1, -0.05) is 0 Å². The second kappa shape index (κ2) is 9.79. The Morgan fingerprint density at radius 2 is 1.82 bits per heavy atom. The first kappa shape index (κ1) is 23.7. The molecule has 1 aliphatic carbocycles. The quantitative estimate of drug-likeness (QED) is 0.479. The molecular formula is C25H31FN6O2. The van der Waals surface area contributed by atoms with Crippen LogP contribution in [-0.2, 0) is 4.79 Å². The number of carbonyl (C=O) groups is 2. The van der Waals surface area contributed by atoms with Crippen molar-refractivity contribution in [2.45, 2.75) is 71.5 Å². The maximum atomic E-state index is 14.5. The van der Waals surface area contributed by atoms with E-state index in [1.165, 1.54) is 13.1 Å². The lowest BCUT2D eigenvalue weighted by Gasteiger charge is -2.29. The van der Waals surface area contributed by atoms with E-state index < -0.39 is 5.95 Å². The number of rotatable bonds is 6. The average Bonchev–Trinajstić information content (AvgIpc) is 3.18. The van der Waals surface area contributed by atoms with Gasteiger partial charge in [0.15, 0.2) is 0 Å². The van der Waals surface area contributed by atoms with Crippen molar-refractivity contribution in [1.29, 1.82) is 0 Å². The molecule has 0 saturated heterocycles. The van der Waals surface area contributed by atoms with E-state index in [9.17, 15) is 14.0 Å². The van der Waals surface area contributed by atoms with Crippen LogP contribution in [0.3, 0.4) is 0 Å². The van der Waals surface area contributed by atoms with Gasteiger partial charge in [-0.15, -0.1) is 0 Å². The van der Waals surface area contributed by atoms with Crippen LogP contribution in [0.15, 0.2) is 30.7 Å². The van der Waals surface area contributed by atoms with Crippen LogP contribution in [0.5, 0.6) is 0 Å². The van der Waals surface area contributed by atoms with Crippen molar-refractivity contribution in [3.8, 4) is 11.1 Å². The number of amides is 2. The van der Waals surface area contributed by atoms with Crippen LogP contribution in [-0.4, -0.2) is 44.5 Å². The minimum absolute atomic E-state index is 0.0239. The first-order chi connectivity index (χ1) is 16.2. The highest BCUT2D eigenvalue weighted by atomic mass is 19.1. The number of nitrogens with zero attached hydrogens (tertiary/aromatic N) is 3. The summed E-state index contributed by atoms with van der Waals surface area (Å²) in [6.07, 6.45) is 8.00. The number of fused-ring (bicyclic) bond motifs is 1. The number of halogens is 1. The molecular weight excluding hydrogens is 435 g/mol. The summed E-state index contributed by atoms with van der Waals surface area (Å²) in [5, 5.41) is 13.9. The van der Waals surface area contributed by atoms with Crippen molar-refractivity contribution in [2.24, 2.45) is 0 Å². The summed E-state index contributed by atoms with van der Waals surface area (Å²) < 4.78 is 16.2. The highest BCUT2D eigenvalue weighted by Gasteiger charge is 2.25. The van der Waals surface area contributed by atoms with E-state index >= 15 is 0 Å². The van der Waals surface area contributed by atoms with Crippen molar-refractivity contribution < 1.29 is 14.0 Å². The molecule has 3 aromatic rings. The van der Waals surface area contributed by atoms with Gasteiger partial charge in [0, 0.05) is 48.6 Å². The smallest absolute Gasteiger partial charge is 0.255 e. The summed E-state index contributed by atoms with van der Waals surface area (Å²) in [6, 6.07) is 3.87. The zero-order chi connectivity index (χ0) is 24.4. The lowest BCUT2D eigenvalue weighted by Crippen LogP contribution is -2.43. The Kier molecular flexibility index (Phi) is 6.81. The molecule has 1 aliphatic rings. The molecule has 2 amide bonds. The number of hydrogen-bond acceptors (Lipinski definition) is 5. The van der Waals surface area contributed by atoms with Crippen molar-refractivity contribution >= 4 is 23.0 Å². The molecule has 1 fully saturated rings. The fourth-order valence-corrected chi connectivity index (χ4v) is 4.61. The van der Waals surface area contributed by atoms with E-state index in [0.717, 1.165) is 31.2 Å². The standard InChI is InChI=1S/C25H31FN6O2/c1-14(2)29-23-20(25(34)31-19-7-5-18(6-8-19)30-16(4)33)12-28-32-13-17(11-21(23)32)22-15(3)9-10-27-24(22)26/h9-14,18-19,29H,5-8H2,1-4H3,(H,30,33)(H,31,34). The molecule has 0 aromatic carbocycles.